The second-order valence-electron chi connectivity index (χ2n) is 4.46. The van der Waals surface area contributed by atoms with Crippen LogP contribution in [0.25, 0.3) is 0 Å². The van der Waals surface area contributed by atoms with E-state index < -0.39 is 10.0 Å². The Bertz CT molecular complexity index is 679. The first-order chi connectivity index (χ1) is 9.53. The van der Waals surface area contributed by atoms with Crippen LogP contribution in [0.3, 0.4) is 0 Å². The molecule has 108 valence electrons. The minimum absolute atomic E-state index is 0.169. The van der Waals surface area contributed by atoms with Gasteiger partial charge in [0, 0.05) is 26.0 Å². The van der Waals surface area contributed by atoms with Crippen LogP contribution in [-0.2, 0) is 30.2 Å². The number of nitrogens with one attached hydrogen (secondary N) is 2. The van der Waals surface area contributed by atoms with Gasteiger partial charge in [-0.3, -0.25) is 0 Å². The third-order valence-electron chi connectivity index (χ3n) is 2.93. The van der Waals surface area contributed by atoms with Gasteiger partial charge in [0.05, 0.1) is 11.4 Å². The van der Waals surface area contributed by atoms with E-state index in [-0.39, 0.29) is 11.4 Å². The van der Waals surface area contributed by atoms with E-state index in [0.29, 0.717) is 12.4 Å². The second-order valence-corrected chi connectivity index (χ2v) is 6.22. The van der Waals surface area contributed by atoms with Crippen LogP contribution in [0.2, 0.25) is 0 Å². The minimum atomic E-state index is -3.53. The van der Waals surface area contributed by atoms with Crippen molar-refractivity contribution in [3.05, 3.63) is 48.0 Å². The van der Waals surface area contributed by atoms with E-state index in [2.05, 4.69) is 15.0 Å². The lowest BCUT2D eigenvalue weighted by atomic mass is 10.2. The van der Waals surface area contributed by atoms with Crippen LogP contribution in [0.15, 0.2) is 41.6 Å². The van der Waals surface area contributed by atoms with Crippen molar-refractivity contribution in [1.82, 2.24) is 19.6 Å². The standard InChI is InChI=1S/C13H18N4O2S/c1-14-9-11-4-3-5-12(8-11)20(18,19)16-10-13-15-6-7-17(13)2/h3-8,14,16H,9-10H2,1-2H3. The van der Waals surface area contributed by atoms with Crippen LogP contribution >= 0.6 is 0 Å². The molecule has 0 saturated heterocycles. The summed E-state index contributed by atoms with van der Waals surface area (Å²) in [6.07, 6.45) is 3.41. The lowest BCUT2D eigenvalue weighted by Crippen LogP contribution is -2.25. The molecule has 7 heteroatoms. The Morgan fingerprint density at radius 1 is 1.30 bits per heavy atom. The second kappa shape index (κ2) is 6.17. The molecule has 2 rings (SSSR count). The molecule has 0 bridgehead atoms. The summed E-state index contributed by atoms with van der Waals surface area (Å²) in [4.78, 5) is 4.35. The lowest BCUT2D eigenvalue weighted by molar-refractivity contribution is 0.577. The summed E-state index contributed by atoms with van der Waals surface area (Å²) in [6, 6.07) is 6.87. The third kappa shape index (κ3) is 3.44. The van der Waals surface area contributed by atoms with Gasteiger partial charge in [-0.15, -0.1) is 0 Å². The van der Waals surface area contributed by atoms with Gasteiger partial charge in [-0.2, -0.15) is 0 Å². The molecule has 1 heterocycles. The Morgan fingerprint density at radius 3 is 2.75 bits per heavy atom. The molecule has 2 N–H and O–H groups in total. The molecule has 0 aliphatic carbocycles. The first-order valence-electron chi connectivity index (χ1n) is 6.22. The molecule has 6 nitrogen and oxygen atoms in total. The van der Waals surface area contributed by atoms with Crippen molar-refractivity contribution in [3.8, 4) is 0 Å². The highest BCUT2D eigenvalue weighted by atomic mass is 32.2. The summed E-state index contributed by atoms with van der Waals surface area (Å²) in [6.45, 7) is 0.796. The fourth-order valence-electron chi connectivity index (χ4n) is 1.84. The average Bonchev–Trinajstić information content (AvgIpc) is 2.83. The summed E-state index contributed by atoms with van der Waals surface area (Å²) in [5.41, 5.74) is 0.923. The van der Waals surface area contributed by atoms with Gasteiger partial charge < -0.3 is 9.88 Å². The van der Waals surface area contributed by atoms with Gasteiger partial charge in [0.2, 0.25) is 10.0 Å². The minimum Gasteiger partial charge on any atom is -0.337 e. The average molecular weight is 294 g/mol. The summed E-state index contributed by atoms with van der Waals surface area (Å²) >= 11 is 0. The number of hydrogen-bond acceptors (Lipinski definition) is 4. The van der Waals surface area contributed by atoms with Crippen LogP contribution < -0.4 is 10.0 Å². The van der Waals surface area contributed by atoms with Crippen molar-refractivity contribution >= 4 is 10.0 Å². The van der Waals surface area contributed by atoms with Gasteiger partial charge in [-0.05, 0) is 24.7 Å². The zero-order chi connectivity index (χ0) is 14.6. The van der Waals surface area contributed by atoms with Crippen LogP contribution in [0.1, 0.15) is 11.4 Å². The number of aryl methyl sites for hydroxylation is 1. The van der Waals surface area contributed by atoms with Crippen LogP contribution in [0.5, 0.6) is 0 Å². The smallest absolute Gasteiger partial charge is 0.240 e. The first kappa shape index (κ1) is 14.7. The molecule has 1 aromatic carbocycles. The predicted molar refractivity (Wildman–Crippen MR) is 76.4 cm³/mol. The highest BCUT2D eigenvalue weighted by molar-refractivity contribution is 7.89. The number of nitrogens with zero attached hydrogens (tertiary/aromatic N) is 2. The molecular weight excluding hydrogens is 276 g/mol. The summed E-state index contributed by atoms with van der Waals surface area (Å²) in [7, 11) is 0.118. The van der Waals surface area contributed by atoms with Crippen molar-refractivity contribution in [3.63, 3.8) is 0 Å². The maximum Gasteiger partial charge on any atom is 0.240 e. The number of aromatic nitrogens is 2. The zero-order valence-electron chi connectivity index (χ0n) is 11.5. The fourth-order valence-corrected chi connectivity index (χ4v) is 2.89. The monoisotopic (exact) mass is 294 g/mol. The molecule has 0 aliphatic rings. The Labute approximate surface area is 118 Å². The molecule has 0 amide bonds. The third-order valence-corrected chi connectivity index (χ3v) is 4.33. The SMILES string of the molecule is CNCc1cccc(S(=O)(=O)NCc2nccn2C)c1. The van der Waals surface area contributed by atoms with E-state index in [4.69, 9.17) is 0 Å². The predicted octanol–water partition coefficient (Wildman–Crippen LogP) is 0.618. The van der Waals surface area contributed by atoms with Gasteiger partial charge in [-0.25, -0.2) is 18.1 Å². The number of hydrogen-bond donors (Lipinski definition) is 2. The normalized spacial score (nSPS) is 11.7. The molecule has 0 unspecified atom stereocenters. The van der Waals surface area contributed by atoms with E-state index in [1.165, 1.54) is 0 Å². The van der Waals surface area contributed by atoms with E-state index in [1.807, 2.05) is 20.2 Å². The van der Waals surface area contributed by atoms with Crippen molar-refractivity contribution in [2.75, 3.05) is 7.05 Å². The summed E-state index contributed by atoms with van der Waals surface area (Å²) < 4.78 is 28.8. The van der Waals surface area contributed by atoms with Gasteiger partial charge >= 0.3 is 0 Å². The van der Waals surface area contributed by atoms with Gasteiger partial charge in [0.25, 0.3) is 0 Å². The largest absolute Gasteiger partial charge is 0.337 e. The maximum atomic E-state index is 12.2. The van der Waals surface area contributed by atoms with Crippen molar-refractivity contribution in [1.29, 1.82) is 0 Å². The molecule has 1 aromatic heterocycles. The summed E-state index contributed by atoms with van der Waals surface area (Å²) in [5, 5.41) is 3.00. The quantitative estimate of drug-likeness (QED) is 0.819. The van der Waals surface area contributed by atoms with Crippen LogP contribution in [0.4, 0.5) is 0 Å². The zero-order valence-corrected chi connectivity index (χ0v) is 12.3. The highest BCUT2D eigenvalue weighted by Gasteiger charge is 2.15. The highest BCUT2D eigenvalue weighted by Crippen LogP contribution is 2.12. The Morgan fingerprint density at radius 2 is 2.10 bits per heavy atom. The van der Waals surface area contributed by atoms with Gasteiger partial charge in [0.15, 0.2) is 0 Å². The van der Waals surface area contributed by atoms with Gasteiger partial charge in [-0.1, -0.05) is 12.1 Å². The molecule has 0 aliphatic heterocycles. The number of imidazole rings is 1. The lowest BCUT2D eigenvalue weighted by Gasteiger charge is -2.08. The molecule has 2 aromatic rings. The molecule has 0 fully saturated rings. The maximum absolute atomic E-state index is 12.2. The first-order valence-corrected chi connectivity index (χ1v) is 7.70. The molecule has 0 radical (unpaired) electrons. The molecule has 0 atom stereocenters. The van der Waals surface area contributed by atoms with E-state index in [1.54, 1.807) is 35.2 Å². The van der Waals surface area contributed by atoms with Crippen molar-refractivity contribution in [2.45, 2.75) is 18.0 Å². The van der Waals surface area contributed by atoms with Gasteiger partial charge in [0.1, 0.15) is 5.82 Å². The number of benzene rings is 1. The Kier molecular flexibility index (Phi) is 4.53. The Hall–Kier alpha value is -1.70. The molecule has 20 heavy (non-hydrogen) atoms. The fraction of sp³-hybridized carbons (Fsp3) is 0.308. The van der Waals surface area contributed by atoms with E-state index in [0.717, 1.165) is 5.56 Å². The number of rotatable bonds is 6. The molecule has 0 spiro atoms. The van der Waals surface area contributed by atoms with Crippen molar-refractivity contribution in [2.24, 2.45) is 7.05 Å². The van der Waals surface area contributed by atoms with E-state index in [9.17, 15) is 8.42 Å². The Balaban J connectivity index is 2.14. The molecule has 0 saturated carbocycles. The number of sulfonamides is 1. The van der Waals surface area contributed by atoms with Crippen LogP contribution in [-0.4, -0.2) is 25.0 Å². The topological polar surface area (TPSA) is 76.0 Å². The van der Waals surface area contributed by atoms with Crippen molar-refractivity contribution < 1.29 is 8.42 Å². The summed E-state index contributed by atoms with van der Waals surface area (Å²) in [5.74, 6) is 0.667. The molecular formula is C13H18N4O2S. The van der Waals surface area contributed by atoms with Crippen LogP contribution in [0, 0.1) is 0 Å². The van der Waals surface area contributed by atoms with E-state index >= 15 is 0 Å².